The van der Waals surface area contributed by atoms with Crippen molar-refractivity contribution in [2.24, 2.45) is 11.8 Å². The molecular weight excluding hydrogens is 278 g/mol. The Hall–Kier alpha value is -2.68. The average molecular weight is 293 g/mol. The molecule has 0 bridgehead atoms. The lowest BCUT2D eigenvalue weighted by atomic mass is 10.2. The van der Waals surface area contributed by atoms with Crippen LogP contribution in [0.15, 0.2) is 18.2 Å². The van der Waals surface area contributed by atoms with Crippen LogP contribution < -0.4 is 10.9 Å². The molecule has 0 aliphatic carbocycles. The maximum atomic E-state index is 11.8. The van der Waals surface area contributed by atoms with Crippen LogP contribution in [0.3, 0.4) is 0 Å². The van der Waals surface area contributed by atoms with E-state index >= 15 is 0 Å². The van der Waals surface area contributed by atoms with E-state index in [-0.39, 0.29) is 24.0 Å². The van der Waals surface area contributed by atoms with Crippen molar-refractivity contribution in [2.75, 3.05) is 11.6 Å². The zero-order chi connectivity index (χ0) is 15.6. The molecule has 9 heteroatoms. The molecule has 112 valence electrons. The number of aromatic nitrogens is 2. The maximum Gasteiger partial charge on any atom is 0.430 e. The van der Waals surface area contributed by atoms with Gasteiger partial charge in [-0.25, -0.2) is 10.6 Å². The largest absolute Gasteiger partial charge is 0.448 e. The third kappa shape index (κ3) is 3.08. The summed E-state index contributed by atoms with van der Waals surface area (Å²) in [6.45, 7) is 4.00. The number of nitrogens with one attached hydrogen (secondary N) is 1. The summed E-state index contributed by atoms with van der Waals surface area (Å²) in [5.41, 5.74) is 0.414. The Balaban J connectivity index is 2.30. The molecule has 0 unspecified atom stereocenters. The molecule has 0 radical (unpaired) electrons. The van der Waals surface area contributed by atoms with Crippen LogP contribution >= 0.6 is 0 Å². The number of benzene rings is 1. The van der Waals surface area contributed by atoms with Crippen molar-refractivity contribution in [3.8, 4) is 0 Å². The van der Waals surface area contributed by atoms with E-state index in [1.54, 1.807) is 0 Å². The highest BCUT2D eigenvalue weighted by Gasteiger charge is 2.21. The average Bonchev–Trinajstić information content (AvgIpc) is 2.86. The molecule has 3 N–H and O–H groups in total. The van der Waals surface area contributed by atoms with Crippen LogP contribution in [-0.2, 0) is 4.74 Å². The van der Waals surface area contributed by atoms with E-state index in [0.29, 0.717) is 10.9 Å². The summed E-state index contributed by atoms with van der Waals surface area (Å²) in [6.07, 6.45) is -0.774. The standard InChI is InChI=1S/C12H15N5O4/c1-7(2)6-21-12(18)16(13)11-9-5-8(17(19)20)3-4-10(9)14-15-11/h3-5,7H,6,13H2,1-2H3,(H,14,15). The number of anilines is 1. The number of hydrogen-bond acceptors (Lipinski definition) is 6. The number of non-ortho nitro benzene ring substituents is 1. The number of fused-ring (bicyclic) bond motifs is 1. The molecule has 0 fully saturated rings. The Kier molecular flexibility index (Phi) is 4.03. The topological polar surface area (TPSA) is 127 Å². The molecule has 1 heterocycles. The van der Waals surface area contributed by atoms with Gasteiger partial charge in [-0.2, -0.15) is 10.1 Å². The number of nitro benzene ring substituents is 1. The van der Waals surface area contributed by atoms with Crippen molar-refractivity contribution < 1.29 is 14.5 Å². The zero-order valence-corrected chi connectivity index (χ0v) is 11.6. The second kappa shape index (κ2) is 5.75. The maximum absolute atomic E-state index is 11.8. The molecule has 1 aromatic carbocycles. The van der Waals surface area contributed by atoms with E-state index in [0.717, 1.165) is 5.01 Å². The number of carbonyl (C=O) groups is 1. The van der Waals surface area contributed by atoms with Crippen LogP contribution in [-0.4, -0.2) is 27.8 Å². The number of aromatic amines is 1. The molecular formula is C12H15N5O4. The van der Waals surface area contributed by atoms with Crippen LogP contribution in [0.5, 0.6) is 0 Å². The number of amides is 1. The van der Waals surface area contributed by atoms with Gasteiger partial charge in [-0.05, 0) is 12.0 Å². The second-order valence-corrected chi connectivity index (χ2v) is 4.87. The number of nitrogens with two attached hydrogens (primary N) is 1. The molecule has 0 aliphatic heterocycles. The molecule has 0 saturated heterocycles. The van der Waals surface area contributed by atoms with Crippen LogP contribution in [0, 0.1) is 16.0 Å². The fourth-order valence-corrected chi connectivity index (χ4v) is 1.68. The first-order valence-electron chi connectivity index (χ1n) is 6.24. The highest BCUT2D eigenvalue weighted by molar-refractivity contribution is 5.98. The Morgan fingerprint density at radius 2 is 2.29 bits per heavy atom. The van der Waals surface area contributed by atoms with Gasteiger partial charge in [0.05, 0.1) is 22.4 Å². The highest BCUT2D eigenvalue weighted by Crippen LogP contribution is 2.26. The monoisotopic (exact) mass is 293 g/mol. The van der Waals surface area contributed by atoms with Crippen LogP contribution in [0.4, 0.5) is 16.3 Å². The van der Waals surface area contributed by atoms with Crippen molar-refractivity contribution in [1.29, 1.82) is 0 Å². The first-order valence-corrected chi connectivity index (χ1v) is 6.24. The number of carbonyl (C=O) groups excluding carboxylic acids is 1. The van der Waals surface area contributed by atoms with Crippen LogP contribution in [0.2, 0.25) is 0 Å². The Morgan fingerprint density at radius 1 is 1.57 bits per heavy atom. The van der Waals surface area contributed by atoms with Gasteiger partial charge in [0.1, 0.15) is 0 Å². The molecule has 1 aromatic heterocycles. The molecule has 0 aliphatic rings. The highest BCUT2D eigenvalue weighted by atomic mass is 16.6. The van der Waals surface area contributed by atoms with Gasteiger partial charge in [0.25, 0.3) is 5.69 Å². The van der Waals surface area contributed by atoms with Crippen molar-refractivity contribution in [1.82, 2.24) is 10.2 Å². The first kappa shape index (κ1) is 14.7. The van der Waals surface area contributed by atoms with Gasteiger partial charge in [-0.3, -0.25) is 15.2 Å². The van der Waals surface area contributed by atoms with E-state index in [4.69, 9.17) is 10.6 Å². The third-order valence-corrected chi connectivity index (χ3v) is 2.70. The second-order valence-electron chi connectivity index (χ2n) is 4.87. The van der Waals surface area contributed by atoms with E-state index in [1.807, 2.05) is 13.8 Å². The van der Waals surface area contributed by atoms with E-state index < -0.39 is 11.0 Å². The van der Waals surface area contributed by atoms with Gasteiger partial charge >= 0.3 is 6.09 Å². The molecule has 0 saturated carbocycles. The van der Waals surface area contributed by atoms with Crippen molar-refractivity contribution in [3.63, 3.8) is 0 Å². The number of hydrogen-bond donors (Lipinski definition) is 2. The van der Waals surface area contributed by atoms with Gasteiger partial charge in [0.2, 0.25) is 0 Å². The summed E-state index contributed by atoms with van der Waals surface area (Å²) in [4.78, 5) is 22.1. The lowest BCUT2D eigenvalue weighted by molar-refractivity contribution is -0.384. The number of H-pyrrole nitrogens is 1. The van der Waals surface area contributed by atoms with Crippen molar-refractivity contribution in [3.05, 3.63) is 28.3 Å². The Morgan fingerprint density at radius 3 is 2.90 bits per heavy atom. The summed E-state index contributed by atoms with van der Waals surface area (Å²) in [5, 5.41) is 18.4. The molecule has 9 nitrogen and oxygen atoms in total. The summed E-state index contributed by atoms with van der Waals surface area (Å²) >= 11 is 0. The summed E-state index contributed by atoms with van der Waals surface area (Å²) in [5.74, 6) is 5.91. The smallest absolute Gasteiger partial charge is 0.430 e. The minimum absolute atomic E-state index is 0.0717. The van der Waals surface area contributed by atoms with Crippen molar-refractivity contribution >= 4 is 28.5 Å². The minimum atomic E-state index is -0.774. The summed E-state index contributed by atoms with van der Waals surface area (Å²) in [7, 11) is 0. The molecule has 0 atom stereocenters. The third-order valence-electron chi connectivity index (χ3n) is 2.70. The molecule has 21 heavy (non-hydrogen) atoms. The predicted octanol–water partition coefficient (Wildman–Crippen LogP) is 1.94. The van der Waals surface area contributed by atoms with E-state index in [1.165, 1.54) is 18.2 Å². The molecule has 0 spiro atoms. The quantitative estimate of drug-likeness (QED) is 0.384. The van der Waals surface area contributed by atoms with E-state index in [2.05, 4.69) is 10.2 Å². The fraction of sp³-hybridized carbons (Fsp3) is 0.333. The van der Waals surface area contributed by atoms with Crippen LogP contribution in [0.1, 0.15) is 13.8 Å². The fourth-order valence-electron chi connectivity index (χ4n) is 1.68. The lowest BCUT2D eigenvalue weighted by Gasteiger charge is -2.15. The minimum Gasteiger partial charge on any atom is -0.448 e. The molecule has 1 amide bonds. The van der Waals surface area contributed by atoms with Gasteiger partial charge < -0.3 is 4.74 Å². The number of nitro groups is 1. The van der Waals surface area contributed by atoms with Crippen molar-refractivity contribution in [2.45, 2.75) is 13.8 Å². The van der Waals surface area contributed by atoms with Gasteiger partial charge in [-0.1, -0.05) is 13.8 Å². The Labute approximate surface area is 119 Å². The predicted molar refractivity (Wildman–Crippen MR) is 75.6 cm³/mol. The Bertz CT molecular complexity index is 681. The van der Waals surface area contributed by atoms with Crippen LogP contribution in [0.25, 0.3) is 10.9 Å². The summed E-state index contributed by atoms with van der Waals surface area (Å²) in [6, 6.07) is 4.13. The SMILES string of the molecule is CC(C)COC(=O)N(N)c1n[nH]c2ccc([N+](=O)[O-])cc12. The van der Waals surface area contributed by atoms with Gasteiger partial charge in [-0.15, -0.1) is 0 Å². The number of ether oxygens (including phenoxy) is 1. The summed E-state index contributed by atoms with van der Waals surface area (Å²) < 4.78 is 4.99. The van der Waals surface area contributed by atoms with Gasteiger partial charge in [0, 0.05) is 12.1 Å². The van der Waals surface area contributed by atoms with E-state index in [9.17, 15) is 14.9 Å². The molecule has 2 rings (SSSR count). The molecule has 2 aromatic rings. The number of hydrazine groups is 1. The normalized spacial score (nSPS) is 10.9. The lowest BCUT2D eigenvalue weighted by Crippen LogP contribution is -2.38. The number of rotatable bonds is 4. The van der Waals surface area contributed by atoms with Gasteiger partial charge in [0.15, 0.2) is 5.82 Å². The first-order chi connectivity index (χ1) is 9.90. The zero-order valence-electron chi connectivity index (χ0n) is 11.6. The number of nitrogens with zero attached hydrogens (tertiary/aromatic N) is 3.